The van der Waals surface area contributed by atoms with Gasteiger partial charge in [-0.15, -0.1) is 0 Å². The Balaban J connectivity index is 1.61. The molecule has 0 spiro atoms. The Morgan fingerprint density at radius 3 is 2.76 bits per heavy atom. The van der Waals surface area contributed by atoms with Crippen LogP contribution in [0.2, 0.25) is 0 Å². The molecule has 0 unspecified atom stereocenters. The molecule has 2 aromatic carbocycles. The van der Waals surface area contributed by atoms with Gasteiger partial charge in [0.1, 0.15) is 0 Å². The number of aromatic nitrogens is 2. The van der Waals surface area contributed by atoms with Gasteiger partial charge in [0.05, 0.1) is 17.2 Å². The fraction of sp³-hybridized carbons (Fsp3) is 0.250. The highest BCUT2D eigenvalue weighted by molar-refractivity contribution is 5.77. The smallest absolute Gasteiger partial charge is 0.261 e. The van der Waals surface area contributed by atoms with Crippen molar-refractivity contribution in [2.75, 3.05) is 0 Å². The van der Waals surface area contributed by atoms with Crippen molar-refractivity contribution in [3.05, 3.63) is 75.8 Å². The molecule has 3 aromatic rings. The Morgan fingerprint density at radius 1 is 1.16 bits per heavy atom. The first-order valence-electron chi connectivity index (χ1n) is 8.31. The van der Waals surface area contributed by atoms with Crippen LogP contribution in [0.25, 0.3) is 10.9 Å². The molecule has 25 heavy (non-hydrogen) atoms. The van der Waals surface area contributed by atoms with Gasteiger partial charge in [-0.3, -0.25) is 14.2 Å². The normalized spacial score (nSPS) is 10.8. The molecular weight excluding hydrogens is 314 g/mol. The van der Waals surface area contributed by atoms with Crippen molar-refractivity contribution in [3.8, 4) is 0 Å². The van der Waals surface area contributed by atoms with Gasteiger partial charge in [-0.25, -0.2) is 4.98 Å². The van der Waals surface area contributed by atoms with E-state index in [0.717, 1.165) is 11.1 Å². The van der Waals surface area contributed by atoms with Crippen LogP contribution in [0.1, 0.15) is 23.1 Å². The number of carbonyl (C=O) groups excluding carboxylic acids is 1. The molecule has 1 amide bonds. The fourth-order valence-corrected chi connectivity index (χ4v) is 2.81. The van der Waals surface area contributed by atoms with E-state index in [-0.39, 0.29) is 17.9 Å². The molecule has 0 aliphatic carbocycles. The maximum atomic E-state index is 12.4. The van der Waals surface area contributed by atoms with Crippen LogP contribution in [-0.2, 0) is 17.9 Å². The van der Waals surface area contributed by atoms with Crippen molar-refractivity contribution < 1.29 is 4.79 Å². The van der Waals surface area contributed by atoms with E-state index in [0.29, 0.717) is 24.0 Å². The zero-order valence-electron chi connectivity index (χ0n) is 14.5. The molecular formula is C20H21N3O2. The molecule has 0 saturated heterocycles. The minimum absolute atomic E-state index is 0.0833. The van der Waals surface area contributed by atoms with Gasteiger partial charge in [0.2, 0.25) is 5.91 Å². The van der Waals surface area contributed by atoms with Gasteiger partial charge in [0.25, 0.3) is 5.56 Å². The van der Waals surface area contributed by atoms with E-state index < -0.39 is 0 Å². The summed E-state index contributed by atoms with van der Waals surface area (Å²) < 4.78 is 1.49. The Hall–Kier alpha value is -2.95. The highest BCUT2D eigenvalue weighted by Crippen LogP contribution is 2.10. The van der Waals surface area contributed by atoms with Gasteiger partial charge in [-0.05, 0) is 37.1 Å². The molecule has 1 aromatic heterocycles. The van der Waals surface area contributed by atoms with Crippen LogP contribution in [0.4, 0.5) is 0 Å². The lowest BCUT2D eigenvalue weighted by Gasteiger charge is -2.10. The second kappa shape index (κ2) is 7.30. The standard InChI is InChI=1S/C20H21N3O2/c1-14-7-8-16(15(2)11-14)12-21-19(24)9-10-23-13-22-18-6-4-3-5-17(18)20(23)25/h3-8,11,13H,9-10,12H2,1-2H3,(H,21,24). The van der Waals surface area contributed by atoms with Crippen molar-refractivity contribution >= 4 is 16.8 Å². The summed E-state index contributed by atoms with van der Waals surface area (Å²) in [6.45, 7) is 4.89. The first-order valence-corrected chi connectivity index (χ1v) is 8.31. The number of para-hydroxylation sites is 1. The summed E-state index contributed by atoms with van der Waals surface area (Å²) in [7, 11) is 0. The largest absolute Gasteiger partial charge is 0.352 e. The van der Waals surface area contributed by atoms with Gasteiger partial charge >= 0.3 is 0 Å². The van der Waals surface area contributed by atoms with Crippen molar-refractivity contribution in [1.82, 2.24) is 14.9 Å². The van der Waals surface area contributed by atoms with Crippen LogP contribution in [-0.4, -0.2) is 15.5 Å². The molecule has 3 rings (SSSR count). The lowest BCUT2D eigenvalue weighted by Crippen LogP contribution is -2.27. The quantitative estimate of drug-likeness (QED) is 0.780. The summed E-state index contributed by atoms with van der Waals surface area (Å²) in [6, 6.07) is 13.4. The SMILES string of the molecule is Cc1ccc(CNC(=O)CCn2cnc3ccccc3c2=O)c(C)c1. The highest BCUT2D eigenvalue weighted by Gasteiger charge is 2.07. The number of rotatable bonds is 5. The van der Waals surface area contributed by atoms with Crippen molar-refractivity contribution in [1.29, 1.82) is 0 Å². The van der Waals surface area contributed by atoms with Gasteiger partial charge in [-0.1, -0.05) is 35.9 Å². The topological polar surface area (TPSA) is 64.0 Å². The van der Waals surface area contributed by atoms with Crippen LogP contribution in [0.3, 0.4) is 0 Å². The van der Waals surface area contributed by atoms with E-state index in [4.69, 9.17) is 0 Å². The van der Waals surface area contributed by atoms with Crippen LogP contribution in [0.15, 0.2) is 53.6 Å². The lowest BCUT2D eigenvalue weighted by atomic mass is 10.1. The number of carbonyl (C=O) groups is 1. The summed E-state index contributed by atoms with van der Waals surface area (Å²) in [6.07, 6.45) is 1.74. The summed E-state index contributed by atoms with van der Waals surface area (Å²) >= 11 is 0. The number of hydrogen-bond donors (Lipinski definition) is 1. The molecule has 1 heterocycles. The first-order chi connectivity index (χ1) is 12.0. The Morgan fingerprint density at radius 2 is 1.96 bits per heavy atom. The molecule has 0 bridgehead atoms. The van der Waals surface area contributed by atoms with Gasteiger partial charge in [0, 0.05) is 19.5 Å². The maximum absolute atomic E-state index is 12.4. The second-order valence-corrected chi connectivity index (χ2v) is 6.22. The third-order valence-electron chi connectivity index (χ3n) is 4.29. The van der Waals surface area contributed by atoms with E-state index in [2.05, 4.69) is 16.4 Å². The lowest BCUT2D eigenvalue weighted by molar-refractivity contribution is -0.121. The monoisotopic (exact) mass is 335 g/mol. The van der Waals surface area contributed by atoms with Crippen LogP contribution >= 0.6 is 0 Å². The minimum atomic E-state index is -0.118. The molecule has 0 atom stereocenters. The summed E-state index contributed by atoms with van der Waals surface area (Å²) in [5.41, 5.74) is 4.02. The van der Waals surface area contributed by atoms with Crippen molar-refractivity contribution in [2.24, 2.45) is 0 Å². The molecule has 128 valence electrons. The van der Waals surface area contributed by atoms with E-state index in [1.807, 2.05) is 38.1 Å². The number of hydrogen-bond acceptors (Lipinski definition) is 3. The van der Waals surface area contributed by atoms with Gasteiger partial charge in [-0.2, -0.15) is 0 Å². The first kappa shape index (κ1) is 16.9. The van der Waals surface area contributed by atoms with Crippen LogP contribution in [0.5, 0.6) is 0 Å². The molecule has 0 fully saturated rings. The molecule has 1 N–H and O–H groups in total. The third kappa shape index (κ3) is 3.94. The second-order valence-electron chi connectivity index (χ2n) is 6.22. The molecule has 0 radical (unpaired) electrons. The van der Waals surface area contributed by atoms with E-state index in [1.54, 1.807) is 12.1 Å². The number of amides is 1. The predicted octanol–water partition coefficient (Wildman–Crippen LogP) is 2.72. The summed E-state index contributed by atoms with van der Waals surface area (Å²) in [4.78, 5) is 28.7. The number of nitrogens with zero attached hydrogens (tertiary/aromatic N) is 2. The van der Waals surface area contributed by atoms with Gasteiger partial charge < -0.3 is 5.32 Å². The molecule has 5 nitrogen and oxygen atoms in total. The Bertz CT molecular complexity index is 976. The Kier molecular flexibility index (Phi) is 4.93. The number of benzene rings is 2. The molecule has 5 heteroatoms. The van der Waals surface area contributed by atoms with Crippen LogP contribution in [0, 0.1) is 13.8 Å². The van der Waals surface area contributed by atoms with Crippen LogP contribution < -0.4 is 10.9 Å². The Labute approximate surface area is 146 Å². The number of fused-ring (bicyclic) bond motifs is 1. The number of aryl methyl sites for hydroxylation is 3. The van der Waals surface area contributed by atoms with E-state index in [9.17, 15) is 9.59 Å². The summed E-state index contributed by atoms with van der Waals surface area (Å²) in [5, 5.41) is 3.48. The maximum Gasteiger partial charge on any atom is 0.261 e. The minimum Gasteiger partial charge on any atom is -0.352 e. The average molecular weight is 335 g/mol. The zero-order chi connectivity index (χ0) is 17.8. The zero-order valence-corrected chi connectivity index (χ0v) is 14.5. The molecule has 0 aliphatic rings. The highest BCUT2D eigenvalue weighted by atomic mass is 16.1. The summed E-state index contributed by atoms with van der Waals surface area (Å²) in [5.74, 6) is -0.0833. The fourth-order valence-electron chi connectivity index (χ4n) is 2.81. The van der Waals surface area contributed by atoms with Crippen molar-refractivity contribution in [2.45, 2.75) is 33.4 Å². The predicted molar refractivity (Wildman–Crippen MR) is 98.4 cm³/mol. The average Bonchev–Trinajstić information content (AvgIpc) is 2.60. The van der Waals surface area contributed by atoms with E-state index >= 15 is 0 Å². The molecule has 0 aliphatic heterocycles. The molecule has 0 saturated carbocycles. The van der Waals surface area contributed by atoms with Gasteiger partial charge in [0.15, 0.2) is 0 Å². The third-order valence-corrected chi connectivity index (χ3v) is 4.29. The number of nitrogens with one attached hydrogen (secondary N) is 1. The van der Waals surface area contributed by atoms with E-state index in [1.165, 1.54) is 16.5 Å². The van der Waals surface area contributed by atoms with Crippen molar-refractivity contribution in [3.63, 3.8) is 0 Å².